The van der Waals surface area contributed by atoms with Crippen LogP contribution in [0.4, 0.5) is 8.78 Å². The van der Waals surface area contributed by atoms with E-state index in [1.807, 2.05) is 0 Å². The highest BCUT2D eigenvalue weighted by Crippen LogP contribution is 2.62. The Morgan fingerprint density at radius 3 is 2.47 bits per heavy atom. The zero-order valence-corrected chi connectivity index (χ0v) is 9.46. The van der Waals surface area contributed by atoms with Gasteiger partial charge < -0.3 is 9.84 Å². The number of benzene rings is 1. The van der Waals surface area contributed by atoms with Gasteiger partial charge in [0.25, 0.3) is 5.92 Å². The van der Waals surface area contributed by atoms with Crippen molar-refractivity contribution in [3.63, 3.8) is 0 Å². The molecule has 2 rings (SSSR count). The molecule has 0 radical (unpaired) electrons. The highest BCUT2D eigenvalue weighted by molar-refractivity contribution is 5.88. The topological polar surface area (TPSA) is 46.5 Å². The minimum Gasteiger partial charge on any atom is -0.496 e. The van der Waals surface area contributed by atoms with E-state index in [9.17, 15) is 13.6 Å². The van der Waals surface area contributed by atoms with Crippen molar-refractivity contribution in [2.45, 2.75) is 24.7 Å². The summed E-state index contributed by atoms with van der Waals surface area (Å²) >= 11 is 0. The van der Waals surface area contributed by atoms with Crippen LogP contribution in [0.5, 0.6) is 5.75 Å². The molecule has 1 fully saturated rings. The van der Waals surface area contributed by atoms with Crippen molar-refractivity contribution in [3.05, 3.63) is 29.3 Å². The Balaban J connectivity index is 2.51. The van der Waals surface area contributed by atoms with Crippen LogP contribution >= 0.6 is 0 Å². The minimum atomic E-state index is -3.18. The van der Waals surface area contributed by atoms with Gasteiger partial charge >= 0.3 is 5.97 Å². The molecule has 0 heterocycles. The van der Waals surface area contributed by atoms with Gasteiger partial charge in [0, 0.05) is 6.42 Å². The molecule has 0 bridgehead atoms. The van der Waals surface area contributed by atoms with E-state index in [-0.39, 0.29) is 5.56 Å². The maximum Gasteiger partial charge on any atom is 0.320 e. The van der Waals surface area contributed by atoms with Crippen LogP contribution in [-0.2, 0) is 10.2 Å². The molecule has 17 heavy (non-hydrogen) atoms. The maximum atomic E-state index is 13.3. The number of hydrogen-bond donors (Lipinski definition) is 1. The molecule has 92 valence electrons. The van der Waals surface area contributed by atoms with Crippen molar-refractivity contribution in [2.75, 3.05) is 7.11 Å². The number of aryl methyl sites for hydroxylation is 1. The first kappa shape index (κ1) is 11.8. The number of alkyl halides is 2. The van der Waals surface area contributed by atoms with E-state index in [1.54, 1.807) is 13.0 Å². The average molecular weight is 242 g/mol. The zero-order valence-electron chi connectivity index (χ0n) is 9.46. The summed E-state index contributed by atoms with van der Waals surface area (Å²) in [4.78, 5) is 11.1. The van der Waals surface area contributed by atoms with Crippen LogP contribution in [0.15, 0.2) is 18.2 Å². The number of ether oxygens (including phenoxy) is 1. The molecule has 1 aromatic carbocycles. The molecule has 0 aromatic heterocycles. The number of hydrogen-bond acceptors (Lipinski definition) is 2. The first-order chi connectivity index (χ1) is 7.85. The standard InChI is InChI=1S/C12H12F2O3/c1-7-3-4-8(5-9(7)17-2)11(10(15)16)6-12(11,13)14/h3-5H,6H2,1-2H3,(H,15,16). The molecule has 1 aliphatic carbocycles. The van der Waals surface area contributed by atoms with E-state index in [0.29, 0.717) is 5.75 Å². The SMILES string of the molecule is COc1cc(C2(C(=O)O)CC2(F)F)ccc1C. The van der Waals surface area contributed by atoms with Crippen LogP contribution < -0.4 is 4.74 Å². The normalized spacial score (nSPS) is 25.4. The van der Waals surface area contributed by atoms with Gasteiger partial charge in [-0.15, -0.1) is 0 Å². The smallest absolute Gasteiger partial charge is 0.320 e. The zero-order chi connectivity index (χ0) is 12.8. The Hall–Kier alpha value is -1.65. The van der Waals surface area contributed by atoms with Gasteiger partial charge in [-0.1, -0.05) is 12.1 Å². The van der Waals surface area contributed by atoms with E-state index in [1.165, 1.54) is 19.2 Å². The Bertz CT molecular complexity index is 485. The summed E-state index contributed by atoms with van der Waals surface area (Å²) in [6, 6.07) is 4.39. The van der Waals surface area contributed by atoms with Crippen LogP contribution in [0.3, 0.4) is 0 Å². The monoisotopic (exact) mass is 242 g/mol. The Labute approximate surface area is 97.0 Å². The quantitative estimate of drug-likeness (QED) is 0.885. The lowest BCUT2D eigenvalue weighted by Crippen LogP contribution is -2.27. The first-order valence-electron chi connectivity index (χ1n) is 5.11. The van der Waals surface area contributed by atoms with Gasteiger partial charge in [0.05, 0.1) is 7.11 Å². The molecule has 1 aromatic rings. The summed E-state index contributed by atoms with van der Waals surface area (Å²) in [5.74, 6) is -4.25. The van der Waals surface area contributed by atoms with Crippen molar-refractivity contribution in [1.29, 1.82) is 0 Å². The number of carboxylic acids is 1. The van der Waals surface area contributed by atoms with E-state index in [0.717, 1.165) is 5.56 Å². The van der Waals surface area contributed by atoms with E-state index >= 15 is 0 Å². The number of carboxylic acid groups (broad SMARTS) is 1. The molecule has 1 saturated carbocycles. The number of aliphatic carboxylic acids is 1. The van der Waals surface area contributed by atoms with Crippen LogP contribution in [0.1, 0.15) is 17.5 Å². The Kier molecular flexibility index (Phi) is 2.38. The number of carbonyl (C=O) groups is 1. The predicted molar refractivity (Wildman–Crippen MR) is 56.6 cm³/mol. The van der Waals surface area contributed by atoms with E-state index in [4.69, 9.17) is 9.84 Å². The van der Waals surface area contributed by atoms with Crippen molar-refractivity contribution >= 4 is 5.97 Å². The van der Waals surface area contributed by atoms with Crippen LogP contribution in [0, 0.1) is 6.92 Å². The third-order valence-corrected chi connectivity index (χ3v) is 3.25. The predicted octanol–water partition coefficient (Wildman–Crippen LogP) is 2.37. The molecular formula is C12H12F2O3. The van der Waals surface area contributed by atoms with Gasteiger partial charge in [-0.3, -0.25) is 4.79 Å². The third-order valence-electron chi connectivity index (χ3n) is 3.25. The average Bonchev–Trinajstić information content (AvgIpc) is 2.84. The lowest BCUT2D eigenvalue weighted by atomic mass is 9.94. The molecule has 3 nitrogen and oxygen atoms in total. The summed E-state index contributed by atoms with van der Waals surface area (Å²) in [5.41, 5.74) is -1.20. The van der Waals surface area contributed by atoms with Gasteiger partial charge in [0.1, 0.15) is 5.75 Å². The van der Waals surface area contributed by atoms with Gasteiger partial charge in [-0.25, -0.2) is 8.78 Å². The van der Waals surface area contributed by atoms with Gasteiger partial charge in [-0.05, 0) is 24.1 Å². The second-order valence-electron chi connectivity index (χ2n) is 4.28. The van der Waals surface area contributed by atoms with Crippen molar-refractivity contribution < 1.29 is 23.4 Å². The summed E-state index contributed by atoms with van der Waals surface area (Å²) in [5, 5.41) is 9.00. The Morgan fingerprint density at radius 2 is 2.06 bits per heavy atom. The fourth-order valence-corrected chi connectivity index (χ4v) is 2.04. The van der Waals surface area contributed by atoms with Crippen LogP contribution in [0.2, 0.25) is 0 Å². The Morgan fingerprint density at radius 1 is 1.47 bits per heavy atom. The molecule has 0 saturated heterocycles. The molecule has 0 amide bonds. The maximum absolute atomic E-state index is 13.3. The third kappa shape index (κ3) is 1.49. The molecule has 1 unspecified atom stereocenters. The molecular weight excluding hydrogens is 230 g/mol. The van der Waals surface area contributed by atoms with Gasteiger partial charge in [-0.2, -0.15) is 0 Å². The molecule has 1 N–H and O–H groups in total. The summed E-state index contributed by atoms with van der Waals surface area (Å²) in [7, 11) is 1.42. The van der Waals surface area contributed by atoms with Crippen molar-refractivity contribution in [1.82, 2.24) is 0 Å². The number of halogens is 2. The lowest BCUT2D eigenvalue weighted by Gasteiger charge is -2.14. The van der Waals surface area contributed by atoms with Gasteiger partial charge in [0.2, 0.25) is 0 Å². The highest BCUT2D eigenvalue weighted by atomic mass is 19.3. The van der Waals surface area contributed by atoms with E-state index < -0.39 is 23.7 Å². The molecule has 5 heteroatoms. The van der Waals surface area contributed by atoms with Crippen molar-refractivity contribution in [3.8, 4) is 5.75 Å². The fourth-order valence-electron chi connectivity index (χ4n) is 2.04. The number of methoxy groups -OCH3 is 1. The first-order valence-corrected chi connectivity index (χ1v) is 5.11. The molecule has 1 atom stereocenters. The van der Waals surface area contributed by atoms with Crippen LogP contribution in [0.25, 0.3) is 0 Å². The highest BCUT2D eigenvalue weighted by Gasteiger charge is 2.77. The van der Waals surface area contributed by atoms with E-state index in [2.05, 4.69) is 0 Å². The fraction of sp³-hybridized carbons (Fsp3) is 0.417. The lowest BCUT2D eigenvalue weighted by molar-refractivity contribution is -0.142. The molecule has 1 aliphatic rings. The van der Waals surface area contributed by atoms with Gasteiger partial charge in [0.15, 0.2) is 5.41 Å². The molecule has 0 aliphatic heterocycles. The largest absolute Gasteiger partial charge is 0.496 e. The minimum absolute atomic E-state index is 0.0949. The summed E-state index contributed by atoms with van der Waals surface area (Å²) < 4.78 is 31.6. The summed E-state index contributed by atoms with van der Waals surface area (Å²) in [6.07, 6.45) is -0.651. The summed E-state index contributed by atoms with van der Waals surface area (Å²) in [6.45, 7) is 1.76. The van der Waals surface area contributed by atoms with Crippen molar-refractivity contribution in [2.24, 2.45) is 0 Å². The second-order valence-corrected chi connectivity index (χ2v) is 4.28. The number of rotatable bonds is 3. The van der Waals surface area contributed by atoms with Crippen LogP contribution in [-0.4, -0.2) is 24.1 Å². The second kappa shape index (κ2) is 3.42. The molecule has 0 spiro atoms.